The van der Waals surface area contributed by atoms with Crippen LogP contribution in [0.5, 0.6) is 0 Å². The fourth-order valence-corrected chi connectivity index (χ4v) is 1.47. The van der Waals surface area contributed by atoms with Gasteiger partial charge in [0.2, 0.25) is 0 Å². The molecule has 0 amide bonds. The lowest BCUT2D eigenvalue weighted by atomic mass is 10.2. The van der Waals surface area contributed by atoms with E-state index in [0.29, 0.717) is 17.3 Å². The Labute approximate surface area is 101 Å². The molecule has 88 valence electrons. The van der Waals surface area contributed by atoms with E-state index in [-0.39, 0.29) is 6.04 Å². The molecule has 0 spiro atoms. The van der Waals surface area contributed by atoms with Crippen molar-refractivity contribution < 1.29 is 4.74 Å². The predicted octanol–water partition coefficient (Wildman–Crippen LogP) is 1.55. The smallest absolute Gasteiger partial charge is 0.122 e. The molecule has 1 unspecified atom stereocenters. The SMILES string of the molecule is CCC(COC)Nc1ccnc(C(N)=S)c1. The lowest BCUT2D eigenvalue weighted by molar-refractivity contribution is 0.184. The van der Waals surface area contributed by atoms with E-state index in [1.54, 1.807) is 13.3 Å². The Morgan fingerprint density at radius 2 is 2.44 bits per heavy atom. The van der Waals surface area contributed by atoms with Gasteiger partial charge in [0.25, 0.3) is 0 Å². The van der Waals surface area contributed by atoms with Crippen LogP contribution in [0.15, 0.2) is 18.3 Å². The highest BCUT2D eigenvalue weighted by Crippen LogP contribution is 2.11. The molecule has 4 nitrogen and oxygen atoms in total. The van der Waals surface area contributed by atoms with Gasteiger partial charge in [-0.2, -0.15) is 0 Å². The molecule has 1 heterocycles. The number of hydrogen-bond donors (Lipinski definition) is 2. The number of nitrogens with one attached hydrogen (secondary N) is 1. The van der Waals surface area contributed by atoms with Gasteiger partial charge in [0.15, 0.2) is 0 Å². The van der Waals surface area contributed by atoms with Gasteiger partial charge in [-0.1, -0.05) is 19.1 Å². The fraction of sp³-hybridized carbons (Fsp3) is 0.455. The molecule has 5 heteroatoms. The summed E-state index contributed by atoms with van der Waals surface area (Å²) < 4.78 is 5.12. The first-order valence-corrected chi connectivity index (χ1v) is 5.59. The maximum atomic E-state index is 5.52. The van der Waals surface area contributed by atoms with Crippen LogP contribution in [0.2, 0.25) is 0 Å². The summed E-state index contributed by atoms with van der Waals surface area (Å²) in [6.45, 7) is 2.77. The van der Waals surface area contributed by atoms with Gasteiger partial charge in [0.1, 0.15) is 4.99 Å². The second-order valence-corrected chi connectivity index (χ2v) is 3.94. The molecule has 0 fully saturated rings. The molecule has 0 aromatic carbocycles. The number of nitrogens with two attached hydrogens (primary N) is 1. The number of hydrogen-bond acceptors (Lipinski definition) is 4. The number of pyridine rings is 1. The van der Waals surface area contributed by atoms with Crippen molar-refractivity contribution in [1.82, 2.24) is 4.98 Å². The van der Waals surface area contributed by atoms with Gasteiger partial charge in [-0.15, -0.1) is 0 Å². The van der Waals surface area contributed by atoms with E-state index in [4.69, 9.17) is 22.7 Å². The molecule has 0 saturated carbocycles. The van der Waals surface area contributed by atoms with Crippen molar-refractivity contribution in [2.75, 3.05) is 19.0 Å². The zero-order chi connectivity index (χ0) is 12.0. The summed E-state index contributed by atoms with van der Waals surface area (Å²) in [5.41, 5.74) is 7.11. The van der Waals surface area contributed by atoms with Gasteiger partial charge in [-0.25, -0.2) is 0 Å². The van der Waals surface area contributed by atoms with Crippen LogP contribution in [0, 0.1) is 0 Å². The second kappa shape index (κ2) is 6.40. The van der Waals surface area contributed by atoms with Gasteiger partial charge in [-0.05, 0) is 18.6 Å². The van der Waals surface area contributed by atoms with Crippen LogP contribution in [0.3, 0.4) is 0 Å². The largest absolute Gasteiger partial charge is 0.388 e. The average molecular weight is 239 g/mol. The highest BCUT2D eigenvalue weighted by Gasteiger charge is 2.06. The van der Waals surface area contributed by atoms with Crippen molar-refractivity contribution in [3.8, 4) is 0 Å². The van der Waals surface area contributed by atoms with Gasteiger partial charge >= 0.3 is 0 Å². The van der Waals surface area contributed by atoms with Crippen LogP contribution >= 0.6 is 12.2 Å². The number of anilines is 1. The topological polar surface area (TPSA) is 60.2 Å². The van der Waals surface area contributed by atoms with Crippen LogP contribution in [-0.2, 0) is 4.74 Å². The maximum absolute atomic E-state index is 5.52. The molecular formula is C11H17N3OS. The van der Waals surface area contributed by atoms with Crippen molar-refractivity contribution in [1.29, 1.82) is 0 Å². The zero-order valence-electron chi connectivity index (χ0n) is 9.56. The summed E-state index contributed by atoms with van der Waals surface area (Å²) in [5, 5.41) is 3.34. The first-order chi connectivity index (χ1) is 7.67. The fourth-order valence-electron chi connectivity index (χ4n) is 1.35. The third kappa shape index (κ3) is 3.75. The number of aromatic nitrogens is 1. The zero-order valence-corrected chi connectivity index (χ0v) is 10.4. The third-order valence-electron chi connectivity index (χ3n) is 2.24. The predicted molar refractivity (Wildman–Crippen MR) is 69.7 cm³/mol. The molecule has 0 aliphatic carbocycles. The molecule has 1 aromatic rings. The number of nitrogens with zero attached hydrogens (tertiary/aromatic N) is 1. The number of ether oxygens (including phenoxy) is 1. The van der Waals surface area contributed by atoms with Crippen LogP contribution < -0.4 is 11.1 Å². The lowest BCUT2D eigenvalue weighted by Gasteiger charge is -2.17. The van der Waals surface area contributed by atoms with Crippen LogP contribution in [0.25, 0.3) is 0 Å². The van der Waals surface area contributed by atoms with Gasteiger partial charge in [0, 0.05) is 25.0 Å². The summed E-state index contributed by atoms with van der Waals surface area (Å²) in [4.78, 5) is 4.39. The Balaban J connectivity index is 2.72. The Kier molecular flexibility index (Phi) is 5.14. The molecule has 0 aliphatic heterocycles. The minimum atomic E-state index is 0.284. The molecule has 16 heavy (non-hydrogen) atoms. The van der Waals surface area contributed by atoms with E-state index in [1.165, 1.54) is 0 Å². The van der Waals surface area contributed by atoms with Crippen molar-refractivity contribution in [3.63, 3.8) is 0 Å². The number of methoxy groups -OCH3 is 1. The Hall–Kier alpha value is -1.20. The molecule has 3 N–H and O–H groups in total. The van der Waals surface area contributed by atoms with E-state index >= 15 is 0 Å². The van der Waals surface area contributed by atoms with Crippen molar-refractivity contribution >= 4 is 22.9 Å². The average Bonchev–Trinajstić information content (AvgIpc) is 2.29. The highest BCUT2D eigenvalue weighted by atomic mass is 32.1. The minimum Gasteiger partial charge on any atom is -0.388 e. The first kappa shape index (κ1) is 12.9. The second-order valence-electron chi connectivity index (χ2n) is 3.50. The standard InChI is InChI=1S/C11H17N3OS/c1-3-8(7-15-2)14-9-4-5-13-10(6-9)11(12)16/h4-6,8H,3,7H2,1-2H3,(H2,12,16)(H,13,14). The van der Waals surface area contributed by atoms with E-state index in [1.807, 2.05) is 12.1 Å². The summed E-state index contributed by atoms with van der Waals surface area (Å²) in [7, 11) is 1.69. The summed E-state index contributed by atoms with van der Waals surface area (Å²) in [6, 6.07) is 4.02. The molecular weight excluding hydrogens is 222 g/mol. The van der Waals surface area contributed by atoms with E-state index in [0.717, 1.165) is 12.1 Å². The lowest BCUT2D eigenvalue weighted by Crippen LogP contribution is -2.24. The number of thiocarbonyl (C=S) groups is 1. The maximum Gasteiger partial charge on any atom is 0.122 e. The molecule has 1 aromatic heterocycles. The molecule has 0 bridgehead atoms. The summed E-state index contributed by atoms with van der Waals surface area (Å²) in [6.07, 6.45) is 2.68. The molecule has 1 rings (SSSR count). The summed E-state index contributed by atoms with van der Waals surface area (Å²) >= 11 is 4.88. The van der Waals surface area contributed by atoms with Gasteiger partial charge in [0.05, 0.1) is 12.3 Å². The Morgan fingerprint density at radius 1 is 1.69 bits per heavy atom. The molecule has 0 saturated heterocycles. The normalized spacial score (nSPS) is 12.1. The Bertz CT molecular complexity index is 357. The van der Waals surface area contributed by atoms with Gasteiger partial charge in [-0.3, -0.25) is 4.98 Å². The van der Waals surface area contributed by atoms with Gasteiger partial charge < -0.3 is 15.8 Å². The van der Waals surface area contributed by atoms with Crippen LogP contribution in [0.4, 0.5) is 5.69 Å². The minimum absolute atomic E-state index is 0.284. The number of rotatable bonds is 6. The molecule has 0 aliphatic rings. The van der Waals surface area contributed by atoms with Crippen LogP contribution in [0.1, 0.15) is 19.0 Å². The van der Waals surface area contributed by atoms with E-state index < -0.39 is 0 Å². The molecule has 0 radical (unpaired) electrons. The summed E-state index contributed by atoms with van der Waals surface area (Å²) in [5.74, 6) is 0. The third-order valence-corrected chi connectivity index (χ3v) is 2.45. The first-order valence-electron chi connectivity index (χ1n) is 5.18. The van der Waals surface area contributed by atoms with Crippen molar-refractivity contribution in [3.05, 3.63) is 24.0 Å². The molecule has 1 atom stereocenters. The monoisotopic (exact) mass is 239 g/mol. The highest BCUT2D eigenvalue weighted by molar-refractivity contribution is 7.80. The van der Waals surface area contributed by atoms with Crippen molar-refractivity contribution in [2.45, 2.75) is 19.4 Å². The van der Waals surface area contributed by atoms with Crippen molar-refractivity contribution in [2.24, 2.45) is 5.73 Å². The quantitative estimate of drug-likeness (QED) is 0.738. The van der Waals surface area contributed by atoms with E-state index in [2.05, 4.69) is 17.2 Å². The Morgan fingerprint density at radius 3 is 3.00 bits per heavy atom. The van der Waals surface area contributed by atoms with E-state index in [9.17, 15) is 0 Å². The van der Waals surface area contributed by atoms with Crippen LogP contribution in [-0.4, -0.2) is 29.7 Å².